The molecule has 1 aliphatic rings. The van der Waals surface area contributed by atoms with Crippen molar-refractivity contribution in [2.24, 2.45) is 0 Å². The van der Waals surface area contributed by atoms with Crippen molar-refractivity contribution < 1.29 is 19.1 Å². The van der Waals surface area contributed by atoms with Crippen molar-refractivity contribution in [2.75, 3.05) is 20.5 Å². The summed E-state index contributed by atoms with van der Waals surface area (Å²) in [4.78, 5) is 27.5. The van der Waals surface area contributed by atoms with Gasteiger partial charge in [-0.05, 0) is 52.8 Å². The lowest BCUT2D eigenvalue weighted by atomic mass is 9.90. The maximum Gasteiger partial charge on any atom is 0.310 e. The number of carbonyl (C=O) groups is 2. The van der Waals surface area contributed by atoms with Gasteiger partial charge in [0.2, 0.25) is 0 Å². The van der Waals surface area contributed by atoms with Crippen LogP contribution in [-0.4, -0.2) is 32.4 Å². The minimum Gasteiger partial charge on any atom is -0.469 e. The summed E-state index contributed by atoms with van der Waals surface area (Å²) >= 11 is 3.28. The van der Waals surface area contributed by atoms with Gasteiger partial charge in [0.05, 0.1) is 27.1 Å². The Morgan fingerprint density at radius 2 is 1.48 bits per heavy atom. The average molecular weight is 401 g/mol. The summed E-state index contributed by atoms with van der Waals surface area (Å²) in [7, 11) is 2.75. The third kappa shape index (κ3) is 4.22. The van der Waals surface area contributed by atoms with Crippen LogP contribution in [0.5, 0.6) is 0 Å². The molecular weight excluding hydrogens is 380 g/mol. The number of carbonyl (C=O) groups excluding carboxylic acids is 2. The van der Waals surface area contributed by atoms with Gasteiger partial charge in [-0.15, -0.1) is 11.8 Å². The summed E-state index contributed by atoms with van der Waals surface area (Å²) in [6.45, 7) is 0. The van der Waals surface area contributed by atoms with Gasteiger partial charge in [-0.1, -0.05) is 30.0 Å². The molecule has 0 saturated heterocycles. The second-order valence-corrected chi connectivity index (χ2v) is 7.89. The van der Waals surface area contributed by atoms with Crippen molar-refractivity contribution >= 4 is 46.6 Å². The van der Waals surface area contributed by atoms with Crippen molar-refractivity contribution in [1.29, 1.82) is 0 Å². The van der Waals surface area contributed by atoms with Crippen LogP contribution in [0.2, 0.25) is 0 Å². The number of benzene rings is 2. The van der Waals surface area contributed by atoms with E-state index in [1.807, 2.05) is 30.5 Å². The number of hydrogen-bond donors (Lipinski definition) is 0. The van der Waals surface area contributed by atoms with Gasteiger partial charge in [0, 0.05) is 14.7 Å². The lowest BCUT2D eigenvalue weighted by Crippen LogP contribution is -2.07. The number of ether oxygens (including phenoxy) is 2. The standard InChI is InChI=1S/C21H20O4S2/c1-24-20(22)11-15-14-6-4-5-7-18(14)27-19-9-8-13(26-3)10-17(19)16(15)12-21(23)25-2/h4-10H,11-12H2,1-3H3. The normalized spacial score (nSPS) is 12.7. The molecule has 2 aromatic carbocycles. The van der Waals surface area contributed by atoms with Crippen molar-refractivity contribution in [2.45, 2.75) is 27.5 Å². The summed E-state index contributed by atoms with van der Waals surface area (Å²) < 4.78 is 9.85. The summed E-state index contributed by atoms with van der Waals surface area (Å²) in [6, 6.07) is 14.2. The third-order valence-corrected chi connectivity index (χ3v) is 6.28. The first-order chi connectivity index (χ1) is 13.1. The molecule has 0 bridgehead atoms. The summed E-state index contributed by atoms with van der Waals surface area (Å²) in [6.07, 6.45) is 2.21. The predicted octanol–water partition coefficient (Wildman–Crippen LogP) is 4.91. The number of rotatable bonds is 5. The molecule has 0 amide bonds. The van der Waals surface area contributed by atoms with Crippen LogP contribution in [0.4, 0.5) is 0 Å². The van der Waals surface area contributed by atoms with Crippen LogP contribution in [0, 0.1) is 0 Å². The predicted molar refractivity (Wildman–Crippen MR) is 109 cm³/mol. The summed E-state index contributed by atoms with van der Waals surface area (Å²) in [5.74, 6) is -0.672. The third-order valence-electron chi connectivity index (χ3n) is 4.41. The van der Waals surface area contributed by atoms with E-state index >= 15 is 0 Å². The zero-order chi connectivity index (χ0) is 19.4. The molecule has 1 aliphatic heterocycles. The molecule has 0 aromatic heterocycles. The molecule has 0 atom stereocenters. The monoisotopic (exact) mass is 400 g/mol. The van der Waals surface area contributed by atoms with E-state index in [-0.39, 0.29) is 24.8 Å². The van der Waals surface area contributed by atoms with Crippen molar-refractivity contribution in [1.82, 2.24) is 0 Å². The number of thioether (sulfide) groups is 1. The van der Waals surface area contributed by atoms with Crippen LogP contribution >= 0.6 is 23.5 Å². The van der Waals surface area contributed by atoms with Crippen molar-refractivity contribution in [3.05, 3.63) is 53.6 Å². The Morgan fingerprint density at radius 1 is 0.889 bits per heavy atom. The molecule has 2 aromatic rings. The smallest absolute Gasteiger partial charge is 0.310 e. The molecule has 3 rings (SSSR count). The number of esters is 2. The van der Waals surface area contributed by atoms with Crippen LogP contribution in [0.3, 0.4) is 0 Å². The highest BCUT2D eigenvalue weighted by atomic mass is 32.2. The Morgan fingerprint density at radius 3 is 2.11 bits per heavy atom. The largest absolute Gasteiger partial charge is 0.469 e. The van der Waals surface area contributed by atoms with Gasteiger partial charge in [0.1, 0.15) is 0 Å². The van der Waals surface area contributed by atoms with Gasteiger partial charge in [0.25, 0.3) is 0 Å². The van der Waals surface area contributed by atoms with Crippen LogP contribution in [0.25, 0.3) is 11.1 Å². The van der Waals surface area contributed by atoms with E-state index in [2.05, 4.69) is 18.2 Å². The van der Waals surface area contributed by atoms with Gasteiger partial charge in [-0.25, -0.2) is 0 Å². The number of methoxy groups -OCH3 is 2. The SMILES string of the molecule is COC(=O)CC1=C(CC(=O)OC)c2cc(SC)ccc2Sc2ccccc21. The van der Waals surface area contributed by atoms with Crippen molar-refractivity contribution in [3.63, 3.8) is 0 Å². The minimum absolute atomic E-state index is 0.0998. The zero-order valence-electron chi connectivity index (χ0n) is 15.4. The van der Waals surface area contributed by atoms with Crippen LogP contribution < -0.4 is 0 Å². The average Bonchev–Trinajstić information content (AvgIpc) is 2.82. The fourth-order valence-electron chi connectivity index (χ4n) is 3.05. The van der Waals surface area contributed by atoms with E-state index in [9.17, 15) is 9.59 Å². The molecule has 27 heavy (non-hydrogen) atoms. The van der Waals surface area contributed by atoms with E-state index in [0.29, 0.717) is 0 Å². The topological polar surface area (TPSA) is 52.6 Å². The van der Waals surface area contributed by atoms with Gasteiger partial charge >= 0.3 is 11.9 Å². The first-order valence-corrected chi connectivity index (χ1v) is 10.4. The van der Waals surface area contributed by atoms with E-state index in [1.54, 1.807) is 23.5 Å². The highest BCUT2D eigenvalue weighted by Gasteiger charge is 2.26. The second-order valence-electron chi connectivity index (χ2n) is 5.92. The highest BCUT2D eigenvalue weighted by Crippen LogP contribution is 2.47. The molecule has 0 spiro atoms. The fraction of sp³-hybridized carbons (Fsp3) is 0.238. The molecular formula is C21H20O4S2. The molecule has 4 nitrogen and oxygen atoms in total. The molecule has 0 aliphatic carbocycles. The van der Waals surface area contributed by atoms with Gasteiger partial charge in [-0.3, -0.25) is 9.59 Å². The lowest BCUT2D eigenvalue weighted by Gasteiger charge is -2.15. The Hall–Kier alpha value is -2.18. The number of fused-ring (bicyclic) bond motifs is 2. The van der Waals surface area contributed by atoms with E-state index in [4.69, 9.17) is 9.47 Å². The molecule has 0 fully saturated rings. The van der Waals surface area contributed by atoms with E-state index in [1.165, 1.54) is 14.2 Å². The molecule has 0 saturated carbocycles. The summed E-state index contributed by atoms with van der Waals surface area (Å²) in [5, 5.41) is 0. The molecule has 0 unspecified atom stereocenters. The van der Waals surface area contributed by atoms with Gasteiger partial charge in [-0.2, -0.15) is 0 Å². The van der Waals surface area contributed by atoms with Crippen molar-refractivity contribution in [3.8, 4) is 0 Å². The fourth-order valence-corrected chi connectivity index (χ4v) is 4.60. The Balaban J connectivity index is 2.30. The molecule has 1 heterocycles. The Kier molecular flexibility index (Phi) is 6.29. The highest BCUT2D eigenvalue weighted by molar-refractivity contribution is 7.99. The number of hydrogen-bond acceptors (Lipinski definition) is 6. The maximum absolute atomic E-state index is 12.2. The maximum atomic E-state index is 12.2. The quantitative estimate of drug-likeness (QED) is 0.525. The molecule has 0 N–H and O–H groups in total. The first-order valence-electron chi connectivity index (χ1n) is 8.38. The lowest BCUT2D eigenvalue weighted by molar-refractivity contribution is -0.140. The molecule has 0 radical (unpaired) electrons. The molecule has 6 heteroatoms. The van der Waals surface area contributed by atoms with Gasteiger partial charge < -0.3 is 9.47 Å². The minimum atomic E-state index is -0.336. The summed E-state index contributed by atoms with van der Waals surface area (Å²) in [5.41, 5.74) is 3.55. The van der Waals surface area contributed by atoms with E-state index in [0.717, 1.165) is 37.0 Å². The zero-order valence-corrected chi connectivity index (χ0v) is 17.0. The Labute approximate surface area is 167 Å². The first kappa shape index (κ1) is 19.6. The van der Waals surface area contributed by atoms with Gasteiger partial charge in [0.15, 0.2) is 0 Å². The van der Waals surface area contributed by atoms with Crippen LogP contribution in [0.15, 0.2) is 57.2 Å². The second kappa shape index (κ2) is 8.67. The molecule has 140 valence electrons. The Bertz CT molecular complexity index is 918. The van der Waals surface area contributed by atoms with Crippen LogP contribution in [-0.2, 0) is 19.1 Å². The van der Waals surface area contributed by atoms with E-state index < -0.39 is 0 Å². The van der Waals surface area contributed by atoms with Crippen LogP contribution in [0.1, 0.15) is 24.0 Å².